The lowest BCUT2D eigenvalue weighted by Crippen LogP contribution is -2.27. The zero-order valence-electron chi connectivity index (χ0n) is 17.4. The van der Waals surface area contributed by atoms with Crippen molar-refractivity contribution in [2.24, 2.45) is 0 Å². The smallest absolute Gasteiger partial charge is 0.293 e. The summed E-state index contributed by atoms with van der Waals surface area (Å²) in [6.07, 6.45) is 1.60. The number of hydrogen-bond donors (Lipinski definition) is 0. The Labute approximate surface area is 212 Å². The van der Waals surface area contributed by atoms with E-state index in [0.29, 0.717) is 27.5 Å². The van der Waals surface area contributed by atoms with Crippen LogP contribution < -0.4 is 4.74 Å². The lowest BCUT2D eigenvalue weighted by molar-refractivity contribution is -0.384. The van der Waals surface area contributed by atoms with Gasteiger partial charge in [-0.25, -0.2) is 0 Å². The van der Waals surface area contributed by atoms with Gasteiger partial charge in [0.1, 0.15) is 12.4 Å². The lowest BCUT2D eigenvalue weighted by atomic mass is 10.1. The maximum atomic E-state index is 13.0. The van der Waals surface area contributed by atoms with E-state index < -0.39 is 10.8 Å². The molecule has 0 bridgehead atoms. The Morgan fingerprint density at radius 2 is 1.88 bits per heavy atom. The lowest BCUT2D eigenvalue weighted by Gasteiger charge is -2.13. The molecule has 4 rings (SSSR count). The van der Waals surface area contributed by atoms with Gasteiger partial charge in [0, 0.05) is 27.2 Å². The third-order valence-electron chi connectivity index (χ3n) is 4.93. The molecule has 1 aliphatic heterocycles. The predicted molar refractivity (Wildman–Crippen MR) is 135 cm³/mol. The van der Waals surface area contributed by atoms with Crippen LogP contribution in [0.5, 0.6) is 5.75 Å². The normalized spacial score (nSPS) is 14.6. The summed E-state index contributed by atoms with van der Waals surface area (Å²) >= 11 is 10.4. The van der Waals surface area contributed by atoms with E-state index in [4.69, 9.17) is 16.3 Å². The number of carbonyl (C=O) groups is 2. The fraction of sp³-hybridized carbons (Fsp3) is 0.0833. The van der Waals surface area contributed by atoms with Crippen molar-refractivity contribution < 1.29 is 19.2 Å². The number of carbonyl (C=O) groups excluding carboxylic acids is 2. The van der Waals surface area contributed by atoms with Crippen LogP contribution in [0, 0.1) is 10.1 Å². The van der Waals surface area contributed by atoms with Crippen LogP contribution in [-0.2, 0) is 17.9 Å². The van der Waals surface area contributed by atoms with Gasteiger partial charge in [-0.3, -0.25) is 24.6 Å². The number of ether oxygens (including phenoxy) is 1. The molecule has 0 spiro atoms. The van der Waals surface area contributed by atoms with Gasteiger partial charge in [0.15, 0.2) is 0 Å². The molecule has 0 radical (unpaired) electrons. The Hall–Kier alpha value is -3.14. The molecule has 1 aliphatic rings. The highest BCUT2D eigenvalue weighted by Crippen LogP contribution is 2.36. The minimum Gasteiger partial charge on any atom is -0.488 e. The minimum atomic E-state index is -0.465. The number of nitrogens with zero attached hydrogens (tertiary/aromatic N) is 2. The number of amides is 2. The molecule has 2 amide bonds. The molecule has 1 saturated heterocycles. The second-order valence-electron chi connectivity index (χ2n) is 7.26. The molecule has 1 fully saturated rings. The van der Waals surface area contributed by atoms with Crippen LogP contribution in [0.4, 0.5) is 10.5 Å². The number of imide groups is 1. The van der Waals surface area contributed by atoms with Gasteiger partial charge in [-0.05, 0) is 53.2 Å². The quantitative estimate of drug-likeness (QED) is 0.179. The molecule has 10 heteroatoms. The highest BCUT2D eigenvalue weighted by Gasteiger charge is 2.35. The first-order chi connectivity index (χ1) is 16.3. The number of nitro benzene ring substituents is 1. The van der Waals surface area contributed by atoms with E-state index in [1.165, 1.54) is 12.1 Å². The van der Waals surface area contributed by atoms with Gasteiger partial charge >= 0.3 is 0 Å². The van der Waals surface area contributed by atoms with E-state index >= 15 is 0 Å². The van der Waals surface area contributed by atoms with Crippen LogP contribution in [-0.4, -0.2) is 21.0 Å². The van der Waals surface area contributed by atoms with Crippen molar-refractivity contribution in [1.29, 1.82) is 0 Å². The highest BCUT2D eigenvalue weighted by molar-refractivity contribution is 9.10. The molecule has 3 aromatic carbocycles. The van der Waals surface area contributed by atoms with E-state index in [2.05, 4.69) is 15.9 Å². The van der Waals surface area contributed by atoms with Gasteiger partial charge < -0.3 is 4.74 Å². The molecule has 0 saturated carbocycles. The third-order valence-corrected chi connectivity index (χ3v) is 6.70. The Kier molecular flexibility index (Phi) is 7.35. The molecule has 0 N–H and O–H groups in total. The average Bonchev–Trinajstić information content (AvgIpc) is 3.07. The second-order valence-corrected chi connectivity index (χ2v) is 9.57. The summed E-state index contributed by atoms with van der Waals surface area (Å²) in [7, 11) is 0. The molecule has 0 unspecified atom stereocenters. The molecular formula is C24H16BrClN2O5S. The number of rotatable bonds is 7. The number of hydrogen-bond acceptors (Lipinski definition) is 6. The topological polar surface area (TPSA) is 89.7 Å². The molecule has 0 aromatic heterocycles. The van der Waals surface area contributed by atoms with Crippen LogP contribution in [0.2, 0.25) is 5.02 Å². The Morgan fingerprint density at radius 1 is 1.09 bits per heavy atom. The molecule has 34 heavy (non-hydrogen) atoms. The molecule has 172 valence electrons. The van der Waals surface area contributed by atoms with Gasteiger partial charge in [-0.2, -0.15) is 0 Å². The first kappa shape index (κ1) is 24.0. The number of benzene rings is 3. The van der Waals surface area contributed by atoms with E-state index in [0.717, 1.165) is 21.1 Å². The van der Waals surface area contributed by atoms with Gasteiger partial charge in [0.05, 0.1) is 16.4 Å². The van der Waals surface area contributed by atoms with Crippen molar-refractivity contribution in [2.45, 2.75) is 13.2 Å². The summed E-state index contributed by atoms with van der Waals surface area (Å²) < 4.78 is 6.66. The SMILES string of the molecule is O=C1S/C(=C\c2cc(Br)ccc2OCc2cccc([N+](=O)[O-])c2)C(=O)N1Cc1ccccc1Cl. The van der Waals surface area contributed by atoms with Crippen LogP contribution in [0.25, 0.3) is 6.08 Å². The van der Waals surface area contributed by atoms with Crippen LogP contribution in [0.1, 0.15) is 16.7 Å². The standard InChI is InChI=1S/C24H16BrClN2O5S/c25-18-8-9-21(33-14-15-4-3-6-19(10-15)28(31)32)17(11-18)12-22-23(29)27(24(30)34-22)13-16-5-1-2-7-20(16)26/h1-12H,13-14H2/b22-12-. The molecular weight excluding hydrogens is 544 g/mol. The van der Waals surface area contributed by atoms with E-state index in [-0.39, 0.29) is 29.0 Å². The summed E-state index contributed by atoms with van der Waals surface area (Å²) in [6, 6.07) is 18.5. The van der Waals surface area contributed by atoms with Crippen molar-refractivity contribution in [3.8, 4) is 5.75 Å². The molecule has 1 heterocycles. The Balaban J connectivity index is 1.56. The number of non-ortho nitro benzene ring substituents is 1. The zero-order valence-corrected chi connectivity index (χ0v) is 20.6. The average molecular weight is 560 g/mol. The van der Waals surface area contributed by atoms with Crippen LogP contribution in [0.3, 0.4) is 0 Å². The largest absolute Gasteiger partial charge is 0.488 e. The summed E-state index contributed by atoms with van der Waals surface area (Å²) in [4.78, 5) is 37.5. The van der Waals surface area contributed by atoms with Crippen LogP contribution in [0.15, 0.2) is 76.1 Å². The maximum Gasteiger partial charge on any atom is 0.293 e. The van der Waals surface area contributed by atoms with E-state index in [9.17, 15) is 19.7 Å². The van der Waals surface area contributed by atoms with Crippen molar-refractivity contribution in [2.75, 3.05) is 0 Å². The highest BCUT2D eigenvalue weighted by atomic mass is 79.9. The molecule has 3 aromatic rings. The van der Waals surface area contributed by atoms with Gasteiger partial charge in [0.2, 0.25) is 0 Å². The number of nitro groups is 1. The first-order valence-electron chi connectivity index (χ1n) is 9.96. The van der Waals surface area contributed by atoms with Crippen molar-refractivity contribution in [3.63, 3.8) is 0 Å². The fourth-order valence-electron chi connectivity index (χ4n) is 3.26. The second kappa shape index (κ2) is 10.4. The zero-order chi connectivity index (χ0) is 24.2. The summed E-state index contributed by atoms with van der Waals surface area (Å²) in [6.45, 7) is 0.175. The Morgan fingerprint density at radius 3 is 2.65 bits per heavy atom. The third kappa shape index (κ3) is 5.49. The van der Waals surface area contributed by atoms with E-state index in [1.807, 2.05) is 0 Å². The van der Waals surface area contributed by atoms with Crippen molar-refractivity contribution >= 4 is 62.2 Å². The van der Waals surface area contributed by atoms with E-state index in [1.54, 1.807) is 60.7 Å². The van der Waals surface area contributed by atoms with Gasteiger partial charge in [-0.15, -0.1) is 0 Å². The maximum absolute atomic E-state index is 13.0. The molecule has 0 atom stereocenters. The van der Waals surface area contributed by atoms with Gasteiger partial charge in [-0.1, -0.05) is 57.9 Å². The number of thioether (sulfide) groups is 1. The first-order valence-corrected chi connectivity index (χ1v) is 11.9. The molecule has 7 nitrogen and oxygen atoms in total. The molecule has 0 aliphatic carbocycles. The summed E-state index contributed by atoms with van der Waals surface area (Å²) in [5.41, 5.74) is 1.87. The van der Waals surface area contributed by atoms with Crippen molar-refractivity contribution in [3.05, 3.63) is 108 Å². The predicted octanol–water partition coefficient (Wildman–Crippen LogP) is 6.83. The van der Waals surface area contributed by atoms with Gasteiger partial charge in [0.25, 0.3) is 16.8 Å². The fourth-order valence-corrected chi connectivity index (χ4v) is 4.66. The summed E-state index contributed by atoms with van der Waals surface area (Å²) in [5, 5.41) is 11.1. The van der Waals surface area contributed by atoms with Crippen LogP contribution >= 0.6 is 39.3 Å². The Bertz CT molecular complexity index is 1330. The number of halogens is 2. The summed E-state index contributed by atoms with van der Waals surface area (Å²) in [5.74, 6) is 0.0483. The van der Waals surface area contributed by atoms with Crippen molar-refractivity contribution in [1.82, 2.24) is 4.90 Å². The minimum absolute atomic E-state index is 0.0238. The monoisotopic (exact) mass is 558 g/mol.